The fourth-order valence-corrected chi connectivity index (χ4v) is 2.15. The molecule has 2 rings (SSSR count). The van der Waals surface area contributed by atoms with E-state index in [9.17, 15) is 9.59 Å². The van der Waals surface area contributed by atoms with Gasteiger partial charge in [-0.05, 0) is 38.7 Å². The quantitative estimate of drug-likeness (QED) is 0.764. The highest BCUT2D eigenvalue weighted by atomic mass is 16.2. The minimum absolute atomic E-state index is 0.0987. The Labute approximate surface area is 106 Å². The Bertz CT molecular complexity index is 547. The van der Waals surface area contributed by atoms with Crippen LogP contribution in [0, 0.1) is 6.92 Å². The van der Waals surface area contributed by atoms with Crippen LogP contribution in [0.15, 0.2) is 30.4 Å². The third-order valence-corrected chi connectivity index (χ3v) is 3.08. The molecule has 0 fully saturated rings. The van der Waals surface area contributed by atoms with Gasteiger partial charge in [-0.3, -0.25) is 14.5 Å². The summed E-state index contributed by atoms with van der Waals surface area (Å²) in [5.41, 5.74) is 2.37. The molecule has 1 aromatic rings. The first-order valence-corrected chi connectivity index (χ1v) is 5.73. The van der Waals surface area contributed by atoms with E-state index in [-0.39, 0.29) is 17.3 Å². The monoisotopic (exact) mass is 244 g/mol. The Morgan fingerprint density at radius 3 is 2.56 bits per heavy atom. The first-order valence-electron chi connectivity index (χ1n) is 5.73. The van der Waals surface area contributed by atoms with Gasteiger partial charge in [0.25, 0.3) is 5.91 Å². The van der Waals surface area contributed by atoms with E-state index in [0.29, 0.717) is 11.3 Å². The van der Waals surface area contributed by atoms with Gasteiger partial charge in [-0.25, -0.2) is 0 Å². The molecular weight excluding hydrogens is 228 g/mol. The first-order chi connectivity index (χ1) is 8.41. The third-order valence-electron chi connectivity index (χ3n) is 3.08. The summed E-state index contributed by atoms with van der Waals surface area (Å²) in [5, 5.41) is 2.74. The van der Waals surface area contributed by atoms with Crippen LogP contribution in [-0.2, 0) is 4.79 Å². The smallest absolute Gasteiger partial charge is 0.253 e. The van der Waals surface area contributed by atoms with Gasteiger partial charge in [0.2, 0.25) is 0 Å². The topological polar surface area (TPSA) is 49.4 Å². The van der Waals surface area contributed by atoms with Crippen LogP contribution in [0.2, 0.25) is 0 Å². The number of nitrogens with zero attached hydrogens (tertiary/aromatic N) is 1. The molecule has 1 aliphatic rings. The van der Waals surface area contributed by atoms with E-state index >= 15 is 0 Å². The molecule has 94 valence electrons. The van der Waals surface area contributed by atoms with Crippen molar-refractivity contribution in [2.24, 2.45) is 0 Å². The van der Waals surface area contributed by atoms with Crippen molar-refractivity contribution in [3.05, 3.63) is 41.5 Å². The summed E-state index contributed by atoms with van der Waals surface area (Å²) in [7, 11) is 3.53. The summed E-state index contributed by atoms with van der Waals surface area (Å²) in [4.78, 5) is 26.1. The largest absolute Gasteiger partial charge is 0.322 e. The van der Waals surface area contributed by atoms with Crippen molar-refractivity contribution in [1.29, 1.82) is 0 Å². The lowest BCUT2D eigenvalue weighted by atomic mass is 9.97. The fourth-order valence-electron chi connectivity index (χ4n) is 2.15. The summed E-state index contributed by atoms with van der Waals surface area (Å²) in [6.07, 6.45) is 0. The predicted octanol–water partition coefficient (Wildman–Crippen LogP) is 1.62. The molecule has 0 aliphatic carbocycles. The zero-order valence-corrected chi connectivity index (χ0v) is 10.8. The van der Waals surface area contributed by atoms with Gasteiger partial charge in [-0.1, -0.05) is 12.6 Å². The summed E-state index contributed by atoms with van der Waals surface area (Å²) in [6, 6.07) is 4.82. The van der Waals surface area contributed by atoms with E-state index in [1.807, 2.05) is 13.0 Å². The number of carbonyl (C=O) groups is 2. The minimum atomic E-state index is -0.603. The van der Waals surface area contributed by atoms with Gasteiger partial charge in [0.15, 0.2) is 5.78 Å². The Morgan fingerprint density at radius 2 is 1.94 bits per heavy atom. The average Bonchev–Trinajstić information content (AvgIpc) is 2.35. The van der Waals surface area contributed by atoms with E-state index < -0.39 is 6.04 Å². The SMILES string of the molecule is C=C1C(=O)Nc2cc(C)ccc2C(=O)C1N(C)C. The second-order valence-corrected chi connectivity index (χ2v) is 4.76. The number of anilines is 1. The number of hydrogen-bond acceptors (Lipinski definition) is 3. The molecule has 18 heavy (non-hydrogen) atoms. The van der Waals surface area contributed by atoms with Crippen LogP contribution < -0.4 is 5.32 Å². The molecule has 0 radical (unpaired) electrons. The van der Waals surface area contributed by atoms with Gasteiger partial charge in [0.05, 0.1) is 5.69 Å². The van der Waals surface area contributed by atoms with Crippen LogP contribution in [0.25, 0.3) is 0 Å². The highest BCUT2D eigenvalue weighted by molar-refractivity contribution is 6.19. The Kier molecular flexibility index (Phi) is 3.05. The zero-order valence-electron chi connectivity index (χ0n) is 10.8. The molecular formula is C14H16N2O2. The number of fused-ring (bicyclic) bond motifs is 1. The second-order valence-electron chi connectivity index (χ2n) is 4.76. The van der Waals surface area contributed by atoms with Crippen molar-refractivity contribution in [1.82, 2.24) is 4.90 Å². The number of nitrogens with one attached hydrogen (secondary N) is 1. The summed E-state index contributed by atoms with van der Waals surface area (Å²) < 4.78 is 0. The minimum Gasteiger partial charge on any atom is -0.322 e. The third kappa shape index (κ3) is 1.95. The Morgan fingerprint density at radius 1 is 1.28 bits per heavy atom. The molecule has 1 amide bonds. The van der Waals surface area contributed by atoms with E-state index in [0.717, 1.165) is 5.56 Å². The molecule has 0 saturated heterocycles. The average molecular weight is 244 g/mol. The van der Waals surface area contributed by atoms with Crippen molar-refractivity contribution in [3.63, 3.8) is 0 Å². The molecule has 0 bridgehead atoms. The van der Waals surface area contributed by atoms with Gasteiger partial charge in [-0.15, -0.1) is 0 Å². The van der Waals surface area contributed by atoms with Crippen LogP contribution in [0.4, 0.5) is 5.69 Å². The van der Waals surface area contributed by atoms with Crippen LogP contribution >= 0.6 is 0 Å². The molecule has 1 atom stereocenters. The number of carbonyl (C=O) groups excluding carboxylic acids is 2. The molecule has 4 nitrogen and oxygen atoms in total. The van der Waals surface area contributed by atoms with Crippen LogP contribution in [0.5, 0.6) is 0 Å². The highest BCUT2D eigenvalue weighted by Gasteiger charge is 2.33. The highest BCUT2D eigenvalue weighted by Crippen LogP contribution is 2.26. The van der Waals surface area contributed by atoms with E-state index in [1.165, 1.54) is 0 Å². The molecule has 1 N–H and O–H groups in total. The van der Waals surface area contributed by atoms with Crippen molar-refractivity contribution in [2.45, 2.75) is 13.0 Å². The fraction of sp³-hybridized carbons (Fsp3) is 0.286. The van der Waals surface area contributed by atoms with Crippen molar-refractivity contribution < 1.29 is 9.59 Å². The number of aryl methyl sites for hydroxylation is 1. The van der Waals surface area contributed by atoms with Gasteiger partial charge >= 0.3 is 0 Å². The van der Waals surface area contributed by atoms with Crippen LogP contribution in [0.1, 0.15) is 15.9 Å². The number of benzene rings is 1. The molecule has 1 aromatic carbocycles. The number of amides is 1. The number of rotatable bonds is 1. The van der Waals surface area contributed by atoms with Gasteiger partial charge in [0, 0.05) is 11.1 Å². The lowest BCUT2D eigenvalue weighted by molar-refractivity contribution is -0.113. The van der Waals surface area contributed by atoms with Gasteiger partial charge in [0.1, 0.15) is 6.04 Å². The Hall–Kier alpha value is -1.94. The number of ketones is 1. The van der Waals surface area contributed by atoms with E-state index in [1.54, 1.807) is 31.1 Å². The van der Waals surface area contributed by atoms with Crippen LogP contribution in [-0.4, -0.2) is 36.7 Å². The normalized spacial score (nSPS) is 19.6. The predicted molar refractivity (Wildman–Crippen MR) is 70.8 cm³/mol. The van der Waals surface area contributed by atoms with Gasteiger partial charge in [-0.2, -0.15) is 0 Å². The van der Waals surface area contributed by atoms with Crippen molar-refractivity contribution in [3.8, 4) is 0 Å². The van der Waals surface area contributed by atoms with E-state index in [4.69, 9.17) is 0 Å². The van der Waals surface area contributed by atoms with E-state index in [2.05, 4.69) is 11.9 Å². The molecule has 0 saturated carbocycles. The molecule has 4 heteroatoms. The summed E-state index contributed by atoms with van der Waals surface area (Å²) >= 11 is 0. The molecule has 0 aromatic heterocycles. The lowest BCUT2D eigenvalue weighted by Gasteiger charge is -2.21. The molecule has 0 spiro atoms. The Balaban J connectivity index is 2.59. The van der Waals surface area contributed by atoms with Crippen LogP contribution in [0.3, 0.4) is 0 Å². The maximum Gasteiger partial charge on any atom is 0.253 e. The second kappa shape index (κ2) is 4.38. The van der Waals surface area contributed by atoms with Gasteiger partial charge < -0.3 is 5.32 Å². The molecule has 1 aliphatic heterocycles. The number of likely N-dealkylation sites (N-methyl/N-ethyl adjacent to an activating group) is 1. The maximum absolute atomic E-state index is 12.5. The number of Topliss-reactive ketones (excluding diaryl/α,β-unsaturated/α-hetero) is 1. The molecule has 1 unspecified atom stereocenters. The summed E-state index contributed by atoms with van der Waals surface area (Å²) in [5.74, 6) is -0.398. The van der Waals surface area contributed by atoms with Crippen molar-refractivity contribution >= 4 is 17.4 Å². The summed E-state index contributed by atoms with van der Waals surface area (Å²) in [6.45, 7) is 5.66. The lowest BCUT2D eigenvalue weighted by Crippen LogP contribution is -2.38. The standard InChI is InChI=1S/C14H16N2O2/c1-8-5-6-10-11(7-8)15-14(18)9(2)12(13(10)17)16(3)4/h5-7,12H,2H2,1,3-4H3,(H,15,18). The number of hydrogen-bond donors (Lipinski definition) is 1. The molecule has 1 heterocycles. The zero-order chi connectivity index (χ0) is 13.4. The maximum atomic E-state index is 12.5. The first kappa shape index (κ1) is 12.5. The van der Waals surface area contributed by atoms with Crippen molar-refractivity contribution in [2.75, 3.05) is 19.4 Å².